The van der Waals surface area contributed by atoms with Gasteiger partial charge in [0.1, 0.15) is 12.4 Å². The van der Waals surface area contributed by atoms with Gasteiger partial charge in [-0.1, -0.05) is 18.2 Å². The van der Waals surface area contributed by atoms with Crippen LogP contribution < -0.4 is 9.47 Å². The third-order valence-corrected chi connectivity index (χ3v) is 5.95. The number of alkyl halides is 3. The largest absolute Gasteiger partial charge is 0.573 e. The van der Waals surface area contributed by atoms with E-state index in [9.17, 15) is 18.0 Å². The van der Waals surface area contributed by atoms with Gasteiger partial charge in [0.2, 0.25) is 5.88 Å². The predicted octanol–water partition coefficient (Wildman–Crippen LogP) is 5.70. The van der Waals surface area contributed by atoms with Gasteiger partial charge >= 0.3 is 12.3 Å². The Hall–Kier alpha value is -3.56. The maximum atomic E-state index is 12.6. The minimum atomic E-state index is -4.79. The van der Waals surface area contributed by atoms with E-state index < -0.39 is 12.3 Å². The summed E-state index contributed by atoms with van der Waals surface area (Å²) in [6.07, 6.45) is 0.800. The Balaban J connectivity index is 1.35. The van der Waals surface area contributed by atoms with Crippen molar-refractivity contribution >= 4 is 5.97 Å². The molecule has 1 fully saturated rings. The number of ether oxygens (including phenoxy) is 2. The van der Waals surface area contributed by atoms with Crippen LogP contribution in [0.15, 0.2) is 48.7 Å². The molecule has 1 aliphatic carbocycles. The summed E-state index contributed by atoms with van der Waals surface area (Å²) in [6, 6.07) is 11.3. The number of benzene rings is 1. The van der Waals surface area contributed by atoms with Gasteiger partial charge in [-0.2, -0.15) is 0 Å². The summed E-state index contributed by atoms with van der Waals surface area (Å²) in [5.41, 5.74) is 2.69. The summed E-state index contributed by atoms with van der Waals surface area (Å²) in [7, 11) is 0. The van der Waals surface area contributed by atoms with E-state index >= 15 is 0 Å². The molecule has 10 heteroatoms. The SMILES string of the molecule is O=C(O)CC1CCC(c2ccc(-c3cc(OCc4ccccc4OC(F)(F)F)n[nH]3)cn2)CC1. The van der Waals surface area contributed by atoms with Crippen molar-refractivity contribution in [2.75, 3.05) is 0 Å². The maximum absolute atomic E-state index is 12.6. The molecule has 1 aliphatic rings. The molecule has 0 radical (unpaired) electrons. The van der Waals surface area contributed by atoms with Crippen LogP contribution in [0.3, 0.4) is 0 Å². The molecule has 2 aromatic heterocycles. The van der Waals surface area contributed by atoms with Gasteiger partial charge in [-0.3, -0.25) is 14.9 Å². The normalized spacial score (nSPS) is 18.4. The first kappa shape index (κ1) is 23.6. The van der Waals surface area contributed by atoms with Crippen LogP contribution in [0.5, 0.6) is 11.6 Å². The highest BCUT2D eigenvalue weighted by molar-refractivity contribution is 5.67. The lowest BCUT2D eigenvalue weighted by Gasteiger charge is -2.27. The second kappa shape index (κ2) is 10.1. The second-order valence-electron chi connectivity index (χ2n) is 8.35. The number of para-hydroxylation sites is 1. The molecule has 0 saturated heterocycles. The van der Waals surface area contributed by atoms with E-state index in [4.69, 9.17) is 9.84 Å². The molecular weight excluding hydrogens is 451 g/mol. The number of carboxylic acid groups (broad SMARTS) is 1. The standard InChI is InChI=1S/C24H24F3N3O4/c25-24(26,27)34-21-4-2-1-3-18(21)14-33-22-12-20(29-30-22)17-9-10-19(28-13-17)16-7-5-15(6-8-16)11-23(31)32/h1-4,9-10,12-13,15-16H,5-8,11,14H2,(H,29,30)(H,31,32). The number of carbonyl (C=O) groups is 1. The van der Waals surface area contributed by atoms with Crippen LogP contribution in [0.25, 0.3) is 11.3 Å². The fourth-order valence-corrected chi connectivity index (χ4v) is 4.24. The number of pyridine rings is 1. The van der Waals surface area contributed by atoms with Crippen molar-refractivity contribution in [3.8, 4) is 22.9 Å². The molecule has 180 valence electrons. The summed E-state index contributed by atoms with van der Waals surface area (Å²) in [4.78, 5) is 15.5. The number of H-pyrrole nitrogens is 1. The van der Waals surface area contributed by atoms with Gasteiger partial charge in [0, 0.05) is 41.4 Å². The summed E-state index contributed by atoms with van der Waals surface area (Å²) in [5.74, 6) is -0.268. The van der Waals surface area contributed by atoms with Crippen molar-refractivity contribution in [2.45, 2.75) is 51.0 Å². The van der Waals surface area contributed by atoms with Crippen molar-refractivity contribution < 1.29 is 32.5 Å². The van der Waals surface area contributed by atoms with E-state index in [2.05, 4.69) is 19.9 Å². The lowest BCUT2D eigenvalue weighted by molar-refractivity contribution is -0.275. The average molecular weight is 475 g/mol. The Kier molecular flexibility index (Phi) is 7.04. The number of aromatic nitrogens is 3. The van der Waals surface area contributed by atoms with Crippen LogP contribution in [0.1, 0.15) is 49.3 Å². The van der Waals surface area contributed by atoms with Gasteiger partial charge in [-0.05, 0) is 49.8 Å². The van der Waals surface area contributed by atoms with Crippen molar-refractivity contribution in [2.24, 2.45) is 5.92 Å². The Morgan fingerprint density at radius 3 is 2.56 bits per heavy atom. The number of hydrogen-bond donors (Lipinski definition) is 2. The van der Waals surface area contributed by atoms with E-state index in [-0.39, 0.29) is 36.1 Å². The van der Waals surface area contributed by atoms with Gasteiger partial charge < -0.3 is 14.6 Å². The zero-order valence-corrected chi connectivity index (χ0v) is 18.2. The van der Waals surface area contributed by atoms with Crippen molar-refractivity contribution in [1.29, 1.82) is 0 Å². The van der Waals surface area contributed by atoms with Crippen LogP contribution in [0, 0.1) is 5.92 Å². The first-order chi connectivity index (χ1) is 16.3. The molecule has 0 bridgehead atoms. The fourth-order valence-electron chi connectivity index (χ4n) is 4.24. The number of rotatable bonds is 8. The van der Waals surface area contributed by atoms with Crippen LogP contribution in [0.2, 0.25) is 0 Å². The Morgan fingerprint density at radius 2 is 1.88 bits per heavy atom. The van der Waals surface area contributed by atoms with Crippen molar-refractivity contribution in [1.82, 2.24) is 15.2 Å². The first-order valence-electron chi connectivity index (χ1n) is 11.0. The zero-order valence-electron chi connectivity index (χ0n) is 18.2. The summed E-state index contributed by atoms with van der Waals surface area (Å²) < 4.78 is 47.3. The molecule has 2 heterocycles. The van der Waals surface area contributed by atoms with Crippen molar-refractivity contribution in [3.63, 3.8) is 0 Å². The molecule has 0 spiro atoms. The highest BCUT2D eigenvalue weighted by Crippen LogP contribution is 2.36. The lowest BCUT2D eigenvalue weighted by Crippen LogP contribution is -2.18. The molecule has 0 atom stereocenters. The number of nitrogens with one attached hydrogen (secondary N) is 1. The quantitative estimate of drug-likeness (QED) is 0.434. The molecular formula is C24H24F3N3O4. The van der Waals surface area contributed by atoms with Gasteiger partial charge in [-0.15, -0.1) is 18.3 Å². The molecule has 7 nitrogen and oxygen atoms in total. The average Bonchev–Trinajstić information content (AvgIpc) is 3.27. The van der Waals surface area contributed by atoms with Crippen LogP contribution in [-0.2, 0) is 11.4 Å². The van der Waals surface area contributed by atoms with Crippen molar-refractivity contribution in [3.05, 3.63) is 59.9 Å². The smallest absolute Gasteiger partial charge is 0.481 e. The lowest BCUT2D eigenvalue weighted by atomic mass is 9.79. The van der Waals surface area contributed by atoms with E-state index in [1.165, 1.54) is 18.2 Å². The van der Waals surface area contributed by atoms with Crippen LogP contribution in [-0.4, -0.2) is 32.6 Å². The van der Waals surface area contributed by atoms with Gasteiger partial charge in [0.05, 0.1) is 5.69 Å². The maximum Gasteiger partial charge on any atom is 0.573 e. The molecule has 0 aliphatic heterocycles. The topological polar surface area (TPSA) is 97.3 Å². The predicted molar refractivity (Wildman–Crippen MR) is 116 cm³/mol. The molecule has 0 unspecified atom stereocenters. The summed E-state index contributed by atoms with van der Waals surface area (Å²) in [5, 5.41) is 15.9. The zero-order chi connectivity index (χ0) is 24.1. The van der Waals surface area contributed by atoms with E-state index in [1.807, 2.05) is 12.1 Å². The number of nitrogens with zero attached hydrogens (tertiary/aromatic N) is 2. The van der Waals surface area contributed by atoms with E-state index in [0.717, 1.165) is 36.9 Å². The van der Waals surface area contributed by atoms with Gasteiger partial charge in [0.15, 0.2) is 0 Å². The number of hydrogen-bond acceptors (Lipinski definition) is 5. The third kappa shape index (κ3) is 6.27. The number of carboxylic acids is 1. The number of aromatic amines is 1. The highest BCUT2D eigenvalue weighted by atomic mass is 19.4. The molecule has 2 N–H and O–H groups in total. The molecule has 4 rings (SSSR count). The molecule has 1 aromatic carbocycles. The van der Waals surface area contributed by atoms with Gasteiger partial charge in [-0.25, -0.2) is 0 Å². The van der Waals surface area contributed by atoms with Gasteiger partial charge in [0.25, 0.3) is 0 Å². The Bertz CT molecular complexity index is 1110. The van der Waals surface area contributed by atoms with E-state index in [1.54, 1.807) is 18.3 Å². The fraction of sp³-hybridized carbons (Fsp3) is 0.375. The summed E-state index contributed by atoms with van der Waals surface area (Å²) >= 11 is 0. The number of halogens is 3. The highest BCUT2D eigenvalue weighted by Gasteiger charge is 2.32. The molecule has 0 amide bonds. The monoisotopic (exact) mass is 475 g/mol. The van der Waals surface area contributed by atoms with Crippen LogP contribution in [0.4, 0.5) is 13.2 Å². The Morgan fingerprint density at radius 1 is 1.12 bits per heavy atom. The summed E-state index contributed by atoms with van der Waals surface area (Å²) in [6.45, 7) is -0.141. The molecule has 1 saturated carbocycles. The number of aliphatic carboxylic acids is 1. The molecule has 3 aromatic rings. The van der Waals surface area contributed by atoms with E-state index in [0.29, 0.717) is 11.6 Å². The third-order valence-electron chi connectivity index (χ3n) is 5.95. The minimum Gasteiger partial charge on any atom is -0.481 e. The Labute approximate surface area is 193 Å². The second-order valence-corrected chi connectivity index (χ2v) is 8.35. The molecule has 34 heavy (non-hydrogen) atoms. The minimum absolute atomic E-state index is 0.141. The van der Waals surface area contributed by atoms with Crippen LogP contribution >= 0.6 is 0 Å². The first-order valence-corrected chi connectivity index (χ1v) is 11.0.